The zero-order valence-electron chi connectivity index (χ0n) is 17.0. The number of nitrogens with zero attached hydrogens (tertiary/aromatic N) is 1. The van der Waals surface area contributed by atoms with Gasteiger partial charge in [-0.05, 0) is 75.3 Å². The highest BCUT2D eigenvalue weighted by Gasteiger charge is 2.57. The number of anilines is 1. The summed E-state index contributed by atoms with van der Waals surface area (Å²) in [5.74, 6) is -1.31. The van der Waals surface area contributed by atoms with Gasteiger partial charge in [0.15, 0.2) is 0 Å². The molecule has 2 amide bonds. The standard InChI is InChI=1S/C22H24FN3O3/c1-11-7-15(5-6-16(11)23)24-20(28)17-12(2)18(26(4)13(17)3)19(27)21(29)25-22-8-14(9-22)10-22/h5-7,14H,8-10H2,1-4H3,(H,24,28)(H,25,29). The summed E-state index contributed by atoms with van der Waals surface area (Å²) in [6.45, 7) is 5.01. The third-order valence-electron chi connectivity index (χ3n) is 6.41. The Bertz CT molecular complexity index is 1050. The molecule has 0 atom stereocenters. The Hall–Kier alpha value is -2.96. The number of benzene rings is 1. The summed E-state index contributed by atoms with van der Waals surface area (Å²) in [6, 6.07) is 4.32. The summed E-state index contributed by atoms with van der Waals surface area (Å²) in [7, 11) is 1.67. The fourth-order valence-corrected chi connectivity index (χ4v) is 4.59. The van der Waals surface area contributed by atoms with Gasteiger partial charge in [-0.3, -0.25) is 14.4 Å². The predicted molar refractivity (Wildman–Crippen MR) is 107 cm³/mol. The van der Waals surface area contributed by atoms with Crippen LogP contribution in [0, 0.1) is 32.5 Å². The number of carbonyl (C=O) groups excluding carboxylic acids is 3. The number of nitrogens with one attached hydrogen (secondary N) is 2. The maximum absolute atomic E-state index is 13.5. The van der Waals surface area contributed by atoms with Crippen LogP contribution in [0.15, 0.2) is 18.2 Å². The van der Waals surface area contributed by atoms with Gasteiger partial charge in [-0.15, -0.1) is 0 Å². The van der Waals surface area contributed by atoms with E-state index in [4.69, 9.17) is 0 Å². The number of aryl methyl sites for hydroxylation is 1. The van der Waals surface area contributed by atoms with E-state index in [1.807, 2.05) is 0 Å². The fraction of sp³-hybridized carbons (Fsp3) is 0.409. The first-order valence-electron chi connectivity index (χ1n) is 9.72. The molecule has 2 bridgehead atoms. The minimum atomic E-state index is -0.630. The van der Waals surface area contributed by atoms with E-state index in [2.05, 4.69) is 10.6 Å². The van der Waals surface area contributed by atoms with Gasteiger partial charge >= 0.3 is 0 Å². The molecule has 29 heavy (non-hydrogen) atoms. The summed E-state index contributed by atoms with van der Waals surface area (Å²) in [6.07, 6.45) is 2.84. The molecule has 1 heterocycles. The van der Waals surface area contributed by atoms with Crippen molar-refractivity contribution in [1.29, 1.82) is 0 Å². The zero-order chi connectivity index (χ0) is 21.1. The molecule has 0 aliphatic heterocycles. The molecule has 7 heteroatoms. The summed E-state index contributed by atoms with van der Waals surface area (Å²) in [5, 5.41) is 5.63. The van der Waals surface area contributed by atoms with Crippen LogP contribution in [-0.2, 0) is 11.8 Å². The smallest absolute Gasteiger partial charge is 0.294 e. The molecule has 3 aliphatic carbocycles. The van der Waals surface area contributed by atoms with Crippen LogP contribution in [0.1, 0.15) is 56.9 Å². The van der Waals surface area contributed by atoms with Crippen LogP contribution in [0.2, 0.25) is 0 Å². The molecule has 3 aliphatic rings. The summed E-state index contributed by atoms with van der Waals surface area (Å²) in [5.41, 5.74) is 2.30. The second-order valence-corrected chi connectivity index (χ2v) is 8.45. The quantitative estimate of drug-likeness (QED) is 0.601. The molecule has 2 aromatic rings. The van der Waals surface area contributed by atoms with Gasteiger partial charge in [0.05, 0.1) is 11.3 Å². The van der Waals surface area contributed by atoms with E-state index < -0.39 is 17.6 Å². The van der Waals surface area contributed by atoms with Gasteiger partial charge in [0, 0.05) is 24.0 Å². The number of hydrogen-bond donors (Lipinski definition) is 2. The highest BCUT2D eigenvalue weighted by Crippen LogP contribution is 2.56. The average molecular weight is 397 g/mol. The summed E-state index contributed by atoms with van der Waals surface area (Å²) < 4.78 is 15.1. The van der Waals surface area contributed by atoms with Gasteiger partial charge in [0.25, 0.3) is 17.6 Å². The van der Waals surface area contributed by atoms with Crippen LogP contribution in [0.25, 0.3) is 0 Å². The van der Waals surface area contributed by atoms with Crippen molar-refractivity contribution in [3.8, 4) is 0 Å². The Labute approximate surface area is 168 Å². The van der Waals surface area contributed by atoms with Gasteiger partial charge in [-0.25, -0.2) is 4.39 Å². The Balaban J connectivity index is 1.58. The number of aromatic nitrogens is 1. The minimum absolute atomic E-state index is 0.188. The first kappa shape index (κ1) is 19.4. The molecule has 3 fully saturated rings. The largest absolute Gasteiger partial charge is 0.344 e. The van der Waals surface area contributed by atoms with Gasteiger partial charge in [-0.1, -0.05) is 0 Å². The second-order valence-electron chi connectivity index (χ2n) is 8.45. The van der Waals surface area contributed by atoms with E-state index in [1.165, 1.54) is 12.1 Å². The maximum Gasteiger partial charge on any atom is 0.294 e. The van der Waals surface area contributed by atoms with E-state index in [9.17, 15) is 18.8 Å². The molecular formula is C22H24FN3O3. The Morgan fingerprint density at radius 1 is 1.14 bits per heavy atom. The highest BCUT2D eigenvalue weighted by atomic mass is 19.1. The number of carbonyl (C=O) groups is 3. The van der Waals surface area contributed by atoms with Crippen molar-refractivity contribution in [1.82, 2.24) is 9.88 Å². The van der Waals surface area contributed by atoms with Crippen molar-refractivity contribution in [2.24, 2.45) is 13.0 Å². The van der Waals surface area contributed by atoms with Gasteiger partial charge in [0.1, 0.15) is 5.82 Å². The van der Waals surface area contributed by atoms with E-state index in [0.717, 1.165) is 19.3 Å². The molecule has 2 N–H and O–H groups in total. The van der Waals surface area contributed by atoms with Crippen LogP contribution in [-0.4, -0.2) is 27.7 Å². The summed E-state index contributed by atoms with van der Waals surface area (Å²) >= 11 is 0. The number of Topliss-reactive ketones (excluding diaryl/α,β-unsaturated/α-hetero) is 1. The molecular weight excluding hydrogens is 373 g/mol. The topological polar surface area (TPSA) is 80.2 Å². The number of rotatable bonds is 5. The number of ketones is 1. The molecule has 0 unspecified atom stereocenters. The van der Waals surface area contributed by atoms with E-state index in [1.54, 1.807) is 38.5 Å². The van der Waals surface area contributed by atoms with Crippen LogP contribution < -0.4 is 10.6 Å². The van der Waals surface area contributed by atoms with Crippen molar-refractivity contribution in [2.75, 3.05) is 5.32 Å². The van der Waals surface area contributed by atoms with Crippen LogP contribution in [0.5, 0.6) is 0 Å². The van der Waals surface area contributed by atoms with E-state index >= 15 is 0 Å². The number of amides is 2. The predicted octanol–water partition coefficient (Wildman–Crippen LogP) is 3.19. The fourth-order valence-electron chi connectivity index (χ4n) is 4.59. The van der Waals surface area contributed by atoms with Crippen molar-refractivity contribution < 1.29 is 18.8 Å². The Morgan fingerprint density at radius 3 is 2.34 bits per heavy atom. The normalized spacial score (nSPS) is 21.8. The van der Waals surface area contributed by atoms with Gasteiger partial charge < -0.3 is 15.2 Å². The zero-order valence-corrected chi connectivity index (χ0v) is 17.0. The lowest BCUT2D eigenvalue weighted by atomic mass is 9.50. The first-order chi connectivity index (χ1) is 13.6. The van der Waals surface area contributed by atoms with Crippen molar-refractivity contribution in [3.63, 3.8) is 0 Å². The SMILES string of the molecule is Cc1cc(NC(=O)c2c(C)c(C(=O)C(=O)NC34CC(C3)C4)n(C)c2C)ccc1F. The van der Waals surface area contributed by atoms with Crippen LogP contribution in [0.4, 0.5) is 10.1 Å². The van der Waals surface area contributed by atoms with Crippen molar-refractivity contribution in [3.05, 3.63) is 52.1 Å². The number of halogens is 1. The van der Waals surface area contributed by atoms with Crippen LogP contribution in [0.3, 0.4) is 0 Å². The minimum Gasteiger partial charge on any atom is -0.344 e. The molecule has 152 valence electrons. The maximum atomic E-state index is 13.5. The third-order valence-corrected chi connectivity index (χ3v) is 6.41. The molecule has 1 aromatic carbocycles. The molecule has 0 radical (unpaired) electrons. The lowest BCUT2D eigenvalue weighted by Gasteiger charge is -2.61. The Morgan fingerprint density at radius 2 is 1.79 bits per heavy atom. The van der Waals surface area contributed by atoms with E-state index in [0.29, 0.717) is 34.0 Å². The molecule has 3 saturated carbocycles. The van der Waals surface area contributed by atoms with E-state index in [-0.39, 0.29) is 17.1 Å². The monoisotopic (exact) mass is 397 g/mol. The molecule has 1 aromatic heterocycles. The average Bonchev–Trinajstić information content (AvgIpc) is 2.81. The van der Waals surface area contributed by atoms with Crippen molar-refractivity contribution >= 4 is 23.3 Å². The Kier molecular flexibility index (Phi) is 4.37. The second kappa shape index (κ2) is 6.54. The highest BCUT2D eigenvalue weighted by molar-refractivity contribution is 6.43. The lowest BCUT2D eigenvalue weighted by molar-refractivity contribution is -0.128. The van der Waals surface area contributed by atoms with Gasteiger partial charge in [0.2, 0.25) is 0 Å². The first-order valence-corrected chi connectivity index (χ1v) is 9.72. The molecule has 0 saturated heterocycles. The van der Waals surface area contributed by atoms with Crippen LogP contribution >= 0.6 is 0 Å². The molecule has 5 rings (SSSR count). The van der Waals surface area contributed by atoms with Gasteiger partial charge in [-0.2, -0.15) is 0 Å². The molecule has 6 nitrogen and oxygen atoms in total. The summed E-state index contributed by atoms with van der Waals surface area (Å²) in [4.78, 5) is 38.2. The lowest BCUT2D eigenvalue weighted by Crippen LogP contribution is -2.68. The molecule has 0 spiro atoms. The third kappa shape index (κ3) is 3.05. The van der Waals surface area contributed by atoms with Crippen molar-refractivity contribution in [2.45, 2.75) is 45.6 Å². The number of hydrogen-bond acceptors (Lipinski definition) is 3.